The van der Waals surface area contributed by atoms with E-state index in [1.54, 1.807) is 0 Å². The molecule has 1 aliphatic rings. The van der Waals surface area contributed by atoms with E-state index in [1.165, 1.54) is 6.26 Å². The van der Waals surface area contributed by atoms with Crippen molar-refractivity contribution in [2.45, 2.75) is 6.04 Å². The minimum absolute atomic E-state index is 0.0320. The van der Waals surface area contributed by atoms with Gasteiger partial charge in [0.05, 0.1) is 11.8 Å². The molecule has 0 atom stereocenters. The van der Waals surface area contributed by atoms with Gasteiger partial charge in [-0.2, -0.15) is 0 Å². The van der Waals surface area contributed by atoms with Crippen LogP contribution in [0, 0.1) is 0 Å². The molecule has 7 heteroatoms. The number of azide groups is 1. The molecule has 0 aromatic carbocycles. The molecule has 0 bridgehead atoms. The first kappa shape index (κ1) is 10.3. The van der Waals surface area contributed by atoms with Crippen molar-refractivity contribution in [3.8, 4) is 0 Å². The van der Waals surface area contributed by atoms with Crippen molar-refractivity contribution in [1.29, 1.82) is 0 Å². The molecule has 1 saturated heterocycles. The second-order valence-corrected chi connectivity index (χ2v) is 5.51. The first-order chi connectivity index (χ1) is 6.01. The molecule has 0 amide bonds. The van der Waals surface area contributed by atoms with Crippen molar-refractivity contribution < 1.29 is 8.42 Å². The molecule has 0 aromatic heterocycles. The summed E-state index contributed by atoms with van der Waals surface area (Å²) in [5.41, 5.74) is 8.09. The van der Waals surface area contributed by atoms with Crippen LogP contribution in [0.3, 0.4) is 0 Å². The van der Waals surface area contributed by atoms with Crippen LogP contribution in [0.25, 0.3) is 10.4 Å². The van der Waals surface area contributed by atoms with Gasteiger partial charge in [0, 0.05) is 30.8 Å². The summed E-state index contributed by atoms with van der Waals surface area (Å²) in [6.45, 7) is 1.90. The van der Waals surface area contributed by atoms with E-state index in [4.69, 9.17) is 5.53 Å². The fourth-order valence-corrected chi connectivity index (χ4v) is 1.76. The molecule has 0 spiro atoms. The zero-order chi connectivity index (χ0) is 9.90. The highest BCUT2D eigenvalue weighted by Gasteiger charge is 2.25. The Bertz CT molecular complexity index is 314. The maximum Gasteiger partial charge on any atom is 0.148 e. The molecule has 0 radical (unpaired) electrons. The quantitative estimate of drug-likeness (QED) is 0.367. The fraction of sp³-hybridized carbons (Fsp3) is 1.00. The third kappa shape index (κ3) is 3.63. The van der Waals surface area contributed by atoms with E-state index in [1.807, 2.05) is 4.90 Å². The van der Waals surface area contributed by atoms with Gasteiger partial charge in [-0.05, 0) is 5.53 Å². The third-order valence-electron chi connectivity index (χ3n) is 1.93. The number of rotatable bonds is 4. The molecule has 74 valence electrons. The second kappa shape index (κ2) is 3.95. The Balaban J connectivity index is 2.19. The van der Waals surface area contributed by atoms with Crippen LogP contribution < -0.4 is 0 Å². The first-order valence-corrected chi connectivity index (χ1v) is 6.01. The zero-order valence-electron chi connectivity index (χ0n) is 7.42. The van der Waals surface area contributed by atoms with E-state index in [0.29, 0.717) is 19.6 Å². The summed E-state index contributed by atoms with van der Waals surface area (Å²) in [5, 5.41) is 3.51. The maximum atomic E-state index is 10.8. The summed E-state index contributed by atoms with van der Waals surface area (Å²) in [7, 11) is -2.87. The molecular formula is C6H12N4O2S. The minimum Gasteiger partial charge on any atom is -0.301 e. The molecule has 1 aliphatic heterocycles. The van der Waals surface area contributed by atoms with Gasteiger partial charge in [0.25, 0.3) is 0 Å². The molecule has 1 fully saturated rings. The van der Waals surface area contributed by atoms with Crippen LogP contribution in [0.5, 0.6) is 0 Å². The molecule has 1 heterocycles. The lowest BCUT2D eigenvalue weighted by Crippen LogP contribution is -2.50. The first-order valence-electron chi connectivity index (χ1n) is 3.95. The van der Waals surface area contributed by atoms with E-state index < -0.39 is 9.84 Å². The van der Waals surface area contributed by atoms with Crippen LogP contribution >= 0.6 is 0 Å². The van der Waals surface area contributed by atoms with Gasteiger partial charge in [0.15, 0.2) is 0 Å². The van der Waals surface area contributed by atoms with Gasteiger partial charge in [0.2, 0.25) is 0 Å². The van der Waals surface area contributed by atoms with Crippen molar-refractivity contribution in [2.24, 2.45) is 5.11 Å². The molecule has 1 rings (SSSR count). The van der Waals surface area contributed by atoms with Crippen LogP contribution in [0.1, 0.15) is 0 Å². The van der Waals surface area contributed by atoms with E-state index in [9.17, 15) is 8.42 Å². The molecule has 6 nitrogen and oxygen atoms in total. The maximum absolute atomic E-state index is 10.8. The van der Waals surface area contributed by atoms with Gasteiger partial charge >= 0.3 is 0 Å². The van der Waals surface area contributed by atoms with E-state index in [0.717, 1.165) is 0 Å². The van der Waals surface area contributed by atoms with Gasteiger partial charge < -0.3 is 4.90 Å². The Labute approximate surface area is 77.1 Å². The summed E-state index contributed by atoms with van der Waals surface area (Å²) in [6.07, 6.45) is 1.22. The number of hydrogen-bond acceptors (Lipinski definition) is 4. The van der Waals surface area contributed by atoms with E-state index >= 15 is 0 Å². The number of hydrogen-bond donors (Lipinski definition) is 0. The molecule has 0 aliphatic carbocycles. The lowest BCUT2D eigenvalue weighted by Gasteiger charge is -2.36. The van der Waals surface area contributed by atoms with Gasteiger partial charge in [0.1, 0.15) is 9.84 Å². The lowest BCUT2D eigenvalue weighted by molar-refractivity contribution is 0.161. The van der Waals surface area contributed by atoms with Gasteiger partial charge in [-0.1, -0.05) is 5.11 Å². The highest BCUT2D eigenvalue weighted by atomic mass is 32.2. The van der Waals surface area contributed by atoms with Crippen LogP contribution in [-0.2, 0) is 9.84 Å². The molecule has 0 aromatic rings. The fourth-order valence-electron chi connectivity index (χ4n) is 1.17. The van der Waals surface area contributed by atoms with Crippen LogP contribution in [-0.4, -0.2) is 51.0 Å². The number of nitrogens with zero attached hydrogens (tertiary/aromatic N) is 4. The average molecular weight is 204 g/mol. The summed E-state index contributed by atoms with van der Waals surface area (Å²) in [5.74, 6) is 0.177. The zero-order valence-corrected chi connectivity index (χ0v) is 8.24. The molecule has 0 unspecified atom stereocenters. The predicted octanol–water partition coefficient (Wildman–Crippen LogP) is 0.0255. The average Bonchev–Trinajstić information content (AvgIpc) is 1.91. The van der Waals surface area contributed by atoms with Crippen molar-refractivity contribution in [3.05, 3.63) is 10.4 Å². The van der Waals surface area contributed by atoms with Gasteiger partial charge in [-0.3, -0.25) is 0 Å². The van der Waals surface area contributed by atoms with Gasteiger partial charge in [-0.25, -0.2) is 8.42 Å². The third-order valence-corrected chi connectivity index (χ3v) is 2.86. The highest BCUT2D eigenvalue weighted by molar-refractivity contribution is 7.90. The molecule has 13 heavy (non-hydrogen) atoms. The summed E-state index contributed by atoms with van der Waals surface area (Å²) < 4.78 is 21.5. The van der Waals surface area contributed by atoms with Gasteiger partial charge in [-0.15, -0.1) is 0 Å². The monoisotopic (exact) mass is 204 g/mol. The van der Waals surface area contributed by atoms with Crippen LogP contribution in [0.2, 0.25) is 0 Å². The highest BCUT2D eigenvalue weighted by Crippen LogP contribution is 2.10. The van der Waals surface area contributed by atoms with E-state index in [2.05, 4.69) is 10.0 Å². The van der Waals surface area contributed by atoms with Crippen molar-refractivity contribution >= 4 is 9.84 Å². The Hall–Kier alpha value is -0.780. The largest absolute Gasteiger partial charge is 0.301 e. The number of sulfone groups is 1. The Morgan fingerprint density at radius 3 is 2.69 bits per heavy atom. The smallest absolute Gasteiger partial charge is 0.148 e. The Morgan fingerprint density at radius 2 is 2.23 bits per heavy atom. The SMILES string of the molecule is CS(=O)(=O)CCN1CC(N=[N+]=[N-])C1. The molecule has 0 saturated carbocycles. The minimum atomic E-state index is -2.87. The van der Waals surface area contributed by atoms with Crippen LogP contribution in [0.15, 0.2) is 5.11 Å². The van der Waals surface area contributed by atoms with E-state index in [-0.39, 0.29) is 11.8 Å². The topological polar surface area (TPSA) is 86.1 Å². The Kier molecular flexibility index (Phi) is 3.13. The standard InChI is InChI=1S/C6H12N4O2S/c1-13(11,12)3-2-10-4-6(5-10)8-9-7/h6H,2-5H2,1H3. The van der Waals surface area contributed by atoms with Crippen LogP contribution in [0.4, 0.5) is 0 Å². The molecule has 0 N–H and O–H groups in total. The summed E-state index contributed by atoms with van der Waals surface area (Å²) in [4.78, 5) is 4.64. The normalized spacial score (nSPS) is 19.2. The van der Waals surface area contributed by atoms with Crippen molar-refractivity contribution in [2.75, 3.05) is 31.6 Å². The van der Waals surface area contributed by atoms with Crippen molar-refractivity contribution in [3.63, 3.8) is 0 Å². The molecular weight excluding hydrogens is 192 g/mol. The number of likely N-dealkylation sites (tertiary alicyclic amines) is 1. The summed E-state index contributed by atoms with van der Waals surface area (Å²) in [6, 6.07) is 0.0320. The second-order valence-electron chi connectivity index (χ2n) is 3.25. The van der Waals surface area contributed by atoms with Crippen molar-refractivity contribution in [1.82, 2.24) is 4.90 Å². The lowest BCUT2D eigenvalue weighted by atomic mass is 10.1. The predicted molar refractivity (Wildman–Crippen MR) is 49.1 cm³/mol. The Morgan fingerprint density at radius 1 is 1.62 bits per heavy atom. The summed E-state index contributed by atoms with van der Waals surface area (Å²) >= 11 is 0.